The number of rotatable bonds is 11. The van der Waals surface area contributed by atoms with E-state index in [4.69, 9.17) is 28.2 Å². The third-order valence-corrected chi connectivity index (χ3v) is 7.75. The van der Waals surface area contributed by atoms with Gasteiger partial charge in [-0.3, -0.25) is 4.79 Å². The third-order valence-electron chi connectivity index (χ3n) is 7.41. The van der Waals surface area contributed by atoms with Crippen LogP contribution in [0.3, 0.4) is 0 Å². The lowest BCUT2D eigenvalue weighted by Crippen LogP contribution is -2.27. The third kappa shape index (κ3) is 7.23. The van der Waals surface area contributed by atoms with Gasteiger partial charge >= 0.3 is 6.03 Å². The Kier molecular flexibility index (Phi) is 10.2. The second kappa shape index (κ2) is 14.5. The monoisotopic (exact) mass is 644 g/mol. The number of urea groups is 1. The van der Waals surface area contributed by atoms with E-state index in [1.165, 1.54) is 0 Å². The maximum atomic E-state index is 13.0. The molecule has 45 heavy (non-hydrogen) atoms. The molecule has 4 aromatic carbocycles. The summed E-state index contributed by atoms with van der Waals surface area (Å²) in [4.78, 5) is 32.7. The van der Waals surface area contributed by atoms with Crippen molar-refractivity contribution in [3.05, 3.63) is 95.6 Å². The van der Waals surface area contributed by atoms with Crippen molar-refractivity contribution in [3.63, 3.8) is 0 Å². The van der Waals surface area contributed by atoms with Gasteiger partial charge in [-0.05, 0) is 66.6 Å². The van der Waals surface area contributed by atoms with Crippen molar-refractivity contribution < 1.29 is 14.7 Å². The molecule has 0 unspecified atom stereocenters. The highest BCUT2D eigenvalue weighted by atomic mass is 35.5. The Morgan fingerprint density at radius 2 is 1.47 bits per heavy atom. The fourth-order valence-electron chi connectivity index (χ4n) is 5.28. The summed E-state index contributed by atoms with van der Waals surface area (Å²) in [5.74, 6) is 0.727. The Hall–Kier alpha value is -4.57. The van der Waals surface area contributed by atoms with Crippen molar-refractivity contribution in [2.75, 3.05) is 52.7 Å². The first-order valence-corrected chi connectivity index (χ1v) is 15.5. The maximum absolute atomic E-state index is 13.0. The van der Waals surface area contributed by atoms with Crippen LogP contribution >= 0.6 is 23.2 Å². The quantitative estimate of drug-likeness (QED) is 0.0765. The van der Waals surface area contributed by atoms with E-state index in [-0.39, 0.29) is 12.5 Å². The van der Waals surface area contributed by atoms with E-state index in [0.717, 1.165) is 33.2 Å². The van der Waals surface area contributed by atoms with Crippen molar-refractivity contribution >= 4 is 85.4 Å². The zero-order valence-corrected chi connectivity index (χ0v) is 26.5. The van der Waals surface area contributed by atoms with Gasteiger partial charge in [-0.2, -0.15) is 0 Å². The normalized spacial score (nSPS) is 11.0. The van der Waals surface area contributed by atoms with Crippen LogP contribution in [0.1, 0.15) is 21.5 Å². The van der Waals surface area contributed by atoms with Gasteiger partial charge in [-0.15, -0.1) is 23.2 Å². The van der Waals surface area contributed by atoms with E-state index in [1.54, 1.807) is 25.2 Å². The van der Waals surface area contributed by atoms with E-state index >= 15 is 0 Å². The van der Waals surface area contributed by atoms with Crippen LogP contribution in [0.15, 0.2) is 78.9 Å². The molecule has 0 spiro atoms. The van der Waals surface area contributed by atoms with Crippen LogP contribution < -0.4 is 26.2 Å². The van der Waals surface area contributed by atoms with E-state index in [0.29, 0.717) is 58.6 Å². The molecule has 0 saturated carbocycles. The highest BCUT2D eigenvalue weighted by Crippen LogP contribution is 2.36. The zero-order chi connectivity index (χ0) is 31.9. The van der Waals surface area contributed by atoms with E-state index in [9.17, 15) is 14.7 Å². The summed E-state index contributed by atoms with van der Waals surface area (Å²) in [6.45, 7) is 3.08. The van der Waals surface area contributed by atoms with Gasteiger partial charge in [0.25, 0.3) is 5.91 Å². The number of para-hydroxylation sites is 2. The highest BCUT2D eigenvalue weighted by molar-refractivity contribution is 6.19. The number of anilines is 5. The molecule has 1 aromatic heterocycles. The topological polar surface area (TPSA) is 119 Å². The number of hydrogen-bond donors (Lipinski definition) is 5. The van der Waals surface area contributed by atoms with Gasteiger partial charge in [0.1, 0.15) is 0 Å². The minimum Gasteiger partial charge on any atom is -0.392 e. The number of amides is 3. The average molecular weight is 646 g/mol. The number of aromatic nitrogens is 1. The first kappa shape index (κ1) is 31.8. The van der Waals surface area contributed by atoms with Gasteiger partial charge in [0.2, 0.25) is 0 Å². The lowest BCUT2D eigenvalue weighted by Gasteiger charge is -2.23. The molecular formula is C34H34Cl2N6O3. The van der Waals surface area contributed by atoms with Crippen LogP contribution in [0.5, 0.6) is 0 Å². The molecular weight excluding hydrogens is 611 g/mol. The average Bonchev–Trinajstić information content (AvgIpc) is 3.04. The summed E-state index contributed by atoms with van der Waals surface area (Å²) in [5, 5.41) is 23.6. The number of alkyl halides is 2. The lowest BCUT2D eigenvalue weighted by molar-refractivity contribution is 0.0964. The summed E-state index contributed by atoms with van der Waals surface area (Å²) >= 11 is 11.9. The predicted molar refractivity (Wildman–Crippen MR) is 186 cm³/mol. The molecule has 0 aliphatic rings. The number of benzene rings is 4. The number of nitrogens with one attached hydrogen (secondary N) is 4. The Bertz CT molecular complexity index is 1840. The molecule has 0 atom stereocenters. The molecule has 0 radical (unpaired) electrons. The molecule has 5 rings (SSSR count). The van der Waals surface area contributed by atoms with Crippen molar-refractivity contribution in [1.82, 2.24) is 10.3 Å². The second-order valence-electron chi connectivity index (χ2n) is 10.4. The molecule has 11 heteroatoms. The van der Waals surface area contributed by atoms with Crippen LogP contribution in [0.2, 0.25) is 0 Å². The fourth-order valence-corrected chi connectivity index (χ4v) is 5.69. The number of halogens is 2. The number of aliphatic hydroxyl groups is 1. The van der Waals surface area contributed by atoms with Gasteiger partial charge in [-0.1, -0.05) is 30.3 Å². The molecule has 0 bridgehead atoms. The van der Waals surface area contributed by atoms with Gasteiger partial charge in [0.15, 0.2) is 0 Å². The molecule has 5 N–H and O–H groups in total. The van der Waals surface area contributed by atoms with Crippen LogP contribution in [0.25, 0.3) is 21.8 Å². The molecule has 3 amide bonds. The van der Waals surface area contributed by atoms with Crippen LogP contribution in [0.4, 0.5) is 33.2 Å². The summed E-state index contributed by atoms with van der Waals surface area (Å²) in [6.07, 6.45) is 0. The van der Waals surface area contributed by atoms with Crippen LogP contribution in [-0.2, 0) is 6.61 Å². The SMILES string of the molecule is CNC(=O)c1cccc2c(Nc3cc(CO)cc(NC(=O)Nc4ccc(N(CCCl)CCCl)cc4)c3)c3cccc(C)c3nc12. The molecule has 0 saturated heterocycles. The minimum absolute atomic E-state index is 0.230. The van der Waals surface area contributed by atoms with Crippen molar-refractivity contribution in [2.45, 2.75) is 13.5 Å². The van der Waals surface area contributed by atoms with E-state index in [2.05, 4.69) is 26.2 Å². The number of aryl methyl sites for hydroxylation is 1. The number of carbonyl (C=O) groups is 2. The van der Waals surface area contributed by atoms with Crippen LogP contribution in [0, 0.1) is 6.92 Å². The molecule has 0 aliphatic heterocycles. The molecule has 232 valence electrons. The van der Waals surface area contributed by atoms with Gasteiger partial charge in [0.05, 0.1) is 28.9 Å². The number of fused-ring (bicyclic) bond motifs is 2. The Labute approximate surface area is 271 Å². The summed E-state index contributed by atoms with van der Waals surface area (Å²) in [7, 11) is 1.59. The zero-order valence-electron chi connectivity index (χ0n) is 25.0. The minimum atomic E-state index is -0.437. The van der Waals surface area contributed by atoms with Crippen molar-refractivity contribution in [2.24, 2.45) is 0 Å². The highest BCUT2D eigenvalue weighted by Gasteiger charge is 2.17. The Morgan fingerprint density at radius 3 is 2.13 bits per heavy atom. The van der Waals surface area contributed by atoms with Crippen LogP contribution in [-0.4, -0.2) is 53.9 Å². The second-order valence-corrected chi connectivity index (χ2v) is 11.2. The lowest BCUT2D eigenvalue weighted by atomic mass is 10.0. The van der Waals surface area contributed by atoms with Gasteiger partial charge in [0, 0.05) is 65.4 Å². The van der Waals surface area contributed by atoms with Gasteiger partial charge < -0.3 is 31.3 Å². The number of carbonyl (C=O) groups excluding carboxylic acids is 2. The van der Waals surface area contributed by atoms with Crippen molar-refractivity contribution in [1.29, 1.82) is 0 Å². The number of nitrogens with zero attached hydrogens (tertiary/aromatic N) is 2. The molecule has 1 heterocycles. The summed E-state index contributed by atoms with van der Waals surface area (Å²) in [5.41, 5.74) is 6.81. The maximum Gasteiger partial charge on any atom is 0.323 e. The molecule has 9 nitrogen and oxygen atoms in total. The fraction of sp³-hybridized carbons (Fsp3) is 0.206. The summed E-state index contributed by atoms with van der Waals surface area (Å²) in [6, 6.07) is 23.7. The first-order valence-electron chi connectivity index (χ1n) is 14.5. The molecule has 0 aliphatic carbocycles. The largest absolute Gasteiger partial charge is 0.392 e. The predicted octanol–water partition coefficient (Wildman–Crippen LogP) is 7.22. The van der Waals surface area contributed by atoms with E-state index in [1.807, 2.05) is 67.6 Å². The summed E-state index contributed by atoms with van der Waals surface area (Å²) < 4.78 is 0. The first-order chi connectivity index (χ1) is 21.8. The number of hydrogen-bond acceptors (Lipinski definition) is 6. The van der Waals surface area contributed by atoms with E-state index < -0.39 is 6.03 Å². The van der Waals surface area contributed by atoms with Gasteiger partial charge in [-0.25, -0.2) is 9.78 Å². The molecule has 5 aromatic rings. The Balaban J connectivity index is 1.44. The van der Waals surface area contributed by atoms with Crippen molar-refractivity contribution in [3.8, 4) is 0 Å². The number of pyridine rings is 1. The standard InChI is InChI=1S/C34H34Cl2N6O3/c1-21-5-3-6-27-30(21)41-32-28(7-4-8-29(32)33(44)37-2)31(27)38-24-17-22(20-43)18-25(19-24)40-34(45)39-23-9-11-26(12-10-23)42(15-13-35)16-14-36/h3-12,17-19,43H,13-16,20H2,1-2H3,(H,37,44)(H,38,41)(H2,39,40,45). The number of aliphatic hydroxyl groups excluding tert-OH is 1. The Morgan fingerprint density at radius 1 is 0.822 bits per heavy atom. The smallest absolute Gasteiger partial charge is 0.323 e. The molecule has 0 fully saturated rings.